The zero-order valence-corrected chi connectivity index (χ0v) is 11.8. The van der Waals surface area contributed by atoms with Crippen molar-refractivity contribution in [2.24, 2.45) is 7.05 Å². The van der Waals surface area contributed by atoms with E-state index in [1.807, 2.05) is 0 Å². The number of hydrogen-bond donors (Lipinski definition) is 2. The fraction of sp³-hybridized carbons (Fsp3) is 0.273. The molecule has 0 spiro atoms. The fourth-order valence-electron chi connectivity index (χ4n) is 1.63. The molecule has 2 rings (SSSR count). The van der Waals surface area contributed by atoms with E-state index in [4.69, 9.17) is 5.73 Å². The lowest BCUT2D eigenvalue weighted by Gasteiger charge is -2.09. The zero-order valence-electron chi connectivity index (χ0n) is 11.0. The molecule has 1 aromatic heterocycles. The van der Waals surface area contributed by atoms with Gasteiger partial charge < -0.3 is 10.3 Å². The van der Waals surface area contributed by atoms with Crippen molar-refractivity contribution in [3.05, 3.63) is 35.7 Å². The van der Waals surface area contributed by atoms with E-state index in [2.05, 4.69) is 14.9 Å². The Bertz CT molecular complexity index is 718. The molecule has 0 aliphatic rings. The highest BCUT2D eigenvalue weighted by atomic mass is 32.2. The number of benzene rings is 1. The van der Waals surface area contributed by atoms with E-state index >= 15 is 0 Å². The Kier molecular flexibility index (Phi) is 3.73. The van der Waals surface area contributed by atoms with Crippen LogP contribution in [0.25, 0.3) is 0 Å². The first kappa shape index (κ1) is 14.4. The molecule has 0 atom stereocenters. The molecule has 0 amide bonds. The molecule has 108 valence electrons. The minimum absolute atomic E-state index is 0.0187. The predicted molar refractivity (Wildman–Crippen MR) is 70.6 cm³/mol. The second kappa shape index (κ2) is 5.17. The Balaban J connectivity index is 2.25. The number of nitrogens with zero attached hydrogens (tertiary/aromatic N) is 3. The van der Waals surface area contributed by atoms with Crippen LogP contribution >= 0.6 is 0 Å². The molecule has 7 nitrogen and oxygen atoms in total. The van der Waals surface area contributed by atoms with Crippen molar-refractivity contribution in [1.82, 2.24) is 19.5 Å². The summed E-state index contributed by atoms with van der Waals surface area (Å²) in [6.07, 6.45) is 1.46. The van der Waals surface area contributed by atoms with Crippen molar-refractivity contribution in [3.63, 3.8) is 0 Å². The number of sulfonamides is 1. The third kappa shape index (κ3) is 2.78. The van der Waals surface area contributed by atoms with Gasteiger partial charge in [0.1, 0.15) is 18.0 Å². The molecular weight excluding hydrogens is 285 g/mol. The van der Waals surface area contributed by atoms with Gasteiger partial charge >= 0.3 is 0 Å². The van der Waals surface area contributed by atoms with E-state index in [9.17, 15) is 12.8 Å². The molecule has 0 fully saturated rings. The molecule has 0 saturated heterocycles. The van der Waals surface area contributed by atoms with Crippen LogP contribution in [-0.2, 0) is 23.6 Å². The van der Waals surface area contributed by atoms with Gasteiger partial charge in [-0.3, -0.25) is 0 Å². The van der Waals surface area contributed by atoms with Crippen LogP contribution in [0.1, 0.15) is 11.4 Å². The molecule has 20 heavy (non-hydrogen) atoms. The Morgan fingerprint density at radius 3 is 2.70 bits per heavy atom. The van der Waals surface area contributed by atoms with Gasteiger partial charge in [0.25, 0.3) is 0 Å². The summed E-state index contributed by atoms with van der Waals surface area (Å²) in [6, 6.07) is 2.31. The average molecular weight is 299 g/mol. The zero-order chi connectivity index (χ0) is 14.9. The summed E-state index contributed by atoms with van der Waals surface area (Å²) in [7, 11) is -2.09. The van der Waals surface area contributed by atoms with Crippen molar-refractivity contribution in [3.8, 4) is 0 Å². The maximum Gasteiger partial charge on any atom is 0.241 e. The Morgan fingerprint density at radius 1 is 1.45 bits per heavy atom. The van der Waals surface area contributed by atoms with Gasteiger partial charge in [0.15, 0.2) is 0 Å². The van der Waals surface area contributed by atoms with Crippen molar-refractivity contribution >= 4 is 15.7 Å². The summed E-state index contributed by atoms with van der Waals surface area (Å²) < 4.78 is 41.6. The summed E-state index contributed by atoms with van der Waals surface area (Å²) >= 11 is 0. The molecule has 0 unspecified atom stereocenters. The molecule has 2 aromatic rings. The molecule has 1 heterocycles. The molecule has 0 aliphatic heterocycles. The molecular formula is C11H14FN5O2S. The van der Waals surface area contributed by atoms with Gasteiger partial charge in [-0.2, -0.15) is 0 Å². The van der Waals surface area contributed by atoms with E-state index in [-0.39, 0.29) is 22.7 Å². The smallest absolute Gasteiger partial charge is 0.241 e. The largest absolute Gasteiger partial charge is 0.396 e. The first-order chi connectivity index (χ1) is 9.31. The summed E-state index contributed by atoms with van der Waals surface area (Å²) in [5, 5.41) is 7.41. The summed E-state index contributed by atoms with van der Waals surface area (Å²) in [6.45, 7) is 1.43. The van der Waals surface area contributed by atoms with Crippen LogP contribution in [-0.4, -0.2) is 23.2 Å². The number of rotatable bonds is 4. The van der Waals surface area contributed by atoms with E-state index in [1.54, 1.807) is 11.6 Å². The summed E-state index contributed by atoms with van der Waals surface area (Å²) in [4.78, 5) is -0.0870. The SMILES string of the molecule is Cc1cc(S(=O)(=O)NCc2nncn2C)cc(N)c1F. The first-order valence-corrected chi connectivity index (χ1v) is 7.18. The minimum atomic E-state index is -3.79. The third-order valence-corrected chi connectivity index (χ3v) is 4.17. The number of nitrogen functional groups attached to an aromatic ring is 1. The number of hydrogen-bond acceptors (Lipinski definition) is 5. The summed E-state index contributed by atoms with van der Waals surface area (Å²) in [5.74, 6) is -0.155. The number of halogens is 1. The van der Waals surface area contributed by atoms with Crippen LogP contribution in [0.2, 0.25) is 0 Å². The third-order valence-electron chi connectivity index (χ3n) is 2.79. The fourth-order valence-corrected chi connectivity index (χ4v) is 2.73. The second-order valence-corrected chi connectivity index (χ2v) is 6.09. The van der Waals surface area contributed by atoms with Crippen molar-refractivity contribution in [2.45, 2.75) is 18.4 Å². The number of anilines is 1. The van der Waals surface area contributed by atoms with Crippen LogP contribution in [0, 0.1) is 12.7 Å². The highest BCUT2D eigenvalue weighted by Gasteiger charge is 2.18. The normalized spacial score (nSPS) is 11.8. The van der Waals surface area contributed by atoms with E-state index < -0.39 is 15.8 Å². The molecule has 0 bridgehead atoms. The monoisotopic (exact) mass is 299 g/mol. The van der Waals surface area contributed by atoms with E-state index in [0.717, 1.165) is 6.07 Å². The quantitative estimate of drug-likeness (QED) is 0.792. The molecule has 1 aromatic carbocycles. The molecule has 0 saturated carbocycles. The maximum atomic E-state index is 13.4. The molecule has 3 N–H and O–H groups in total. The first-order valence-electron chi connectivity index (χ1n) is 5.69. The number of nitrogens with one attached hydrogen (secondary N) is 1. The maximum absolute atomic E-state index is 13.4. The van der Waals surface area contributed by atoms with Crippen LogP contribution in [0.4, 0.5) is 10.1 Å². The Morgan fingerprint density at radius 2 is 2.15 bits per heavy atom. The van der Waals surface area contributed by atoms with E-state index in [0.29, 0.717) is 5.82 Å². The molecule has 0 radical (unpaired) electrons. The Labute approximate surface area is 115 Å². The van der Waals surface area contributed by atoms with Crippen LogP contribution in [0.3, 0.4) is 0 Å². The van der Waals surface area contributed by atoms with Crippen molar-refractivity contribution in [1.29, 1.82) is 0 Å². The van der Waals surface area contributed by atoms with E-state index in [1.165, 1.54) is 19.3 Å². The van der Waals surface area contributed by atoms with Gasteiger partial charge in [-0.1, -0.05) is 0 Å². The lowest BCUT2D eigenvalue weighted by atomic mass is 10.2. The van der Waals surface area contributed by atoms with Gasteiger partial charge in [0.05, 0.1) is 17.1 Å². The van der Waals surface area contributed by atoms with Gasteiger partial charge in [-0.15, -0.1) is 10.2 Å². The minimum Gasteiger partial charge on any atom is -0.396 e. The lowest BCUT2D eigenvalue weighted by molar-refractivity contribution is 0.576. The van der Waals surface area contributed by atoms with Gasteiger partial charge in [0.2, 0.25) is 10.0 Å². The second-order valence-electron chi connectivity index (χ2n) is 4.33. The van der Waals surface area contributed by atoms with Gasteiger partial charge in [-0.25, -0.2) is 17.5 Å². The van der Waals surface area contributed by atoms with Crippen LogP contribution in [0.15, 0.2) is 23.4 Å². The van der Waals surface area contributed by atoms with Crippen LogP contribution in [0.5, 0.6) is 0 Å². The molecule has 0 aliphatic carbocycles. The standard InChI is InChI=1S/C11H14FN5O2S/c1-7-3-8(4-9(13)11(7)12)20(18,19)15-5-10-16-14-6-17(10)2/h3-4,6,15H,5,13H2,1-2H3. The topological polar surface area (TPSA) is 103 Å². The predicted octanol–water partition coefficient (Wildman–Crippen LogP) is 0.323. The van der Waals surface area contributed by atoms with Crippen molar-refractivity contribution in [2.75, 3.05) is 5.73 Å². The van der Waals surface area contributed by atoms with Crippen molar-refractivity contribution < 1.29 is 12.8 Å². The molecule has 9 heteroatoms. The number of aryl methyl sites for hydroxylation is 2. The number of aromatic nitrogens is 3. The van der Waals surface area contributed by atoms with Gasteiger partial charge in [0, 0.05) is 7.05 Å². The highest BCUT2D eigenvalue weighted by molar-refractivity contribution is 7.89. The average Bonchev–Trinajstić information content (AvgIpc) is 2.78. The lowest BCUT2D eigenvalue weighted by Crippen LogP contribution is -2.25. The highest BCUT2D eigenvalue weighted by Crippen LogP contribution is 2.20. The van der Waals surface area contributed by atoms with Gasteiger partial charge in [-0.05, 0) is 24.6 Å². The number of nitrogens with two attached hydrogens (primary N) is 1. The van der Waals surface area contributed by atoms with Crippen LogP contribution < -0.4 is 10.5 Å². The Hall–Kier alpha value is -2.00. The summed E-state index contributed by atoms with van der Waals surface area (Å²) in [5.41, 5.74) is 5.41.